The average molecular weight is 290 g/mol. The average Bonchev–Trinajstić information content (AvgIpc) is 2.47. The Balaban J connectivity index is 2.17. The van der Waals surface area contributed by atoms with Gasteiger partial charge in [-0.05, 0) is 18.2 Å². The molecular formula is C16H12F2O3. The zero-order valence-electron chi connectivity index (χ0n) is 10.9. The topological polar surface area (TPSA) is 46.5 Å². The highest BCUT2D eigenvalue weighted by Gasteiger charge is 2.09. The van der Waals surface area contributed by atoms with Crippen LogP contribution in [0.5, 0.6) is 5.75 Å². The molecule has 5 heteroatoms. The van der Waals surface area contributed by atoms with Crippen LogP contribution in [0.25, 0.3) is 6.08 Å². The van der Waals surface area contributed by atoms with Crippen LogP contribution in [0.3, 0.4) is 0 Å². The van der Waals surface area contributed by atoms with Gasteiger partial charge in [0.15, 0.2) is 11.6 Å². The molecule has 0 aromatic heterocycles. The molecule has 1 N–H and O–H groups in total. The van der Waals surface area contributed by atoms with Gasteiger partial charge in [-0.15, -0.1) is 0 Å². The predicted molar refractivity (Wildman–Crippen MR) is 73.8 cm³/mol. The fraction of sp³-hybridized carbons (Fsp3) is 0.0625. The summed E-state index contributed by atoms with van der Waals surface area (Å²) in [6.07, 6.45) is 2.35. The first-order valence-corrected chi connectivity index (χ1v) is 6.13. The molecule has 0 aliphatic heterocycles. The number of halogens is 2. The Morgan fingerprint density at radius 1 is 1.14 bits per heavy atom. The Morgan fingerprint density at radius 3 is 2.67 bits per heavy atom. The van der Waals surface area contributed by atoms with E-state index in [0.29, 0.717) is 11.3 Å². The van der Waals surface area contributed by atoms with Gasteiger partial charge in [0.2, 0.25) is 0 Å². The monoisotopic (exact) mass is 290 g/mol. The third-order valence-corrected chi connectivity index (χ3v) is 2.74. The number of carboxylic acids is 1. The molecule has 0 radical (unpaired) electrons. The molecule has 0 aliphatic rings. The molecule has 2 rings (SSSR count). The molecule has 0 heterocycles. The van der Waals surface area contributed by atoms with E-state index in [0.717, 1.165) is 12.1 Å². The van der Waals surface area contributed by atoms with Gasteiger partial charge >= 0.3 is 5.97 Å². The van der Waals surface area contributed by atoms with E-state index in [1.54, 1.807) is 24.3 Å². The van der Waals surface area contributed by atoms with Gasteiger partial charge in [-0.25, -0.2) is 13.6 Å². The number of ether oxygens (including phenoxy) is 1. The maximum Gasteiger partial charge on any atom is 0.328 e. The third kappa shape index (κ3) is 3.89. The van der Waals surface area contributed by atoms with Gasteiger partial charge in [0.1, 0.15) is 12.4 Å². The Labute approximate surface area is 120 Å². The number of para-hydroxylation sites is 1. The summed E-state index contributed by atoms with van der Waals surface area (Å²) in [5.41, 5.74) is 0.628. The zero-order chi connectivity index (χ0) is 15.2. The van der Waals surface area contributed by atoms with Crippen molar-refractivity contribution in [3.05, 3.63) is 71.3 Å². The van der Waals surface area contributed by atoms with Crippen LogP contribution in [0.2, 0.25) is 0 Å². The molecule has 2 aromatic rings. The molecule has 108 valence electrons. The number of carbonyl (C=O) groups is 1. The standard InChI is InChI=1S/C16H12F2O3/c17-13-6-3-5-12(16(13)18)10-21-14-7-2-1-4-11(14)8-9-15(19)20/h1-9H,10H2,(H,19,20)/b9-8+. The molecule has 0 atom stereocenters. The minimum absolute atomic E-state index is 0.0898. The quantitative estimate of drug-likeness (QED) is 0.855. The minimum Gasteiger partial charge on any atom is -0.488 e. The Hall–Kier alpha value is -2.69. The molecule has 0 saturated carbocycles. The summed E-state index contributed by atoms with van der Waals surface area (Å²) in [5.74, 6) is -2.58. The number of aliphatic carboxylic acids is 1. The van der Waals surface area contributed by atoms with Crippen molar-refractivity contribution in [2.45, 2.75) is 6.61 Å². The van der Waals surface area contributed by atoms with Crippen LogP contribution in [0.1, 0.15) is 11.1 Å². The van der Waals surface area contributed by atoms with E-state index in [1.165, 1.54) is 18.2 Å². The van der Waals surface area contributed by atoms with E-state index < -0.39 is 17.6 Å². The number of hydrogen-bond acceptors (Lipinski definition) is 2. The van der Waals surface area contributed by atoms with Crippen molar-refractivity contribution >= 4 is 12.0 Å². The summed E-state index contributed by atoms with van der Waals surface area (Å²) in [6.45, 7) is -0.151. The molecule has 0 bridgehead atoms. The Morgan fingerprint density at radius 2 is 1.90 bits per heavy atom. The number of hydrogen-bond donors (Lipinski definition) is 1. The van der Waals surface area contributed by atoms with E-state index >= 15 is 0 Å². The van der Waals surface area contributed by atoms with Gasteiger partial charge in [-0.2, -0.15) is 0 Å². The van der Waals surface area contributed by atoms with E-state index in [9.17, 15) is 13.6 Å². The first-order chi connectivity index (χ1) is 10.1. The summed E-state index contributed by atoms with van der Waals surface area (Å²) >= 11 is 0. The predicted octanol–water partition coefficient (Wildman–Crippen LogP) is 3.64. The highest BCUT2D eigenvalue weighted by Crippen LogP contribution is 2.21. The smallest absolute Gasteiger partial charge is 0.328 e. The molecule has 3 nitrogen and oxygen atoms in total. The number of rotatable bonds is 5. The van der Waals surface area contributed by atoms with Gasteiger partial charge < -0.3 is 9.84 Å². The summed E-state index contributed by atoms with van der Waals surface area (Å²) in [4.78, 5) is 10.5. The zero-order valence-corrected chi connectivity index (χ0v) is 10.9. The van der Waals surface area contributed by atoms with Gasteiger partial charge in [0.05, 0.1) is 0 Å². The lowest BCUT2D eigenvalue weighted by atomic mass is 10.2. The first-order valence-electron chi connectivity index (χ1n) is 6.13. The largest absolute Gasteiger partial charge is 0.488 e. The van der Waals surface area contributed by atoms with E-state index in [-0.39, 0.29) is 12.2 Å². The Kier molecular flexibility index (Phi) is 4.66. The van der Waals surface area contributed by atoms with E-state index in [4.69, 9.17) is 9.84 Å². The van der Waals surface area contributed by atoms with E-state index in [1.807, 2.05) is 0 Å². The maximum atomic E-state index is 13.5. The molecule has 0 amide bonds. The van der Waals surface area contributed by atoms with Crippen molar-refractivity contribution in [2.24, 2.45) is 0 Å². The summed E-state index contributed by atoms with van der Waals surface area (Å²) in [6, 6.07) is 10.6. The normalized spacial score (nSPS) is 10.8. The third-order valence-electron chi connectivity index (χ3n) is 2.74. The Bertz CT molecular complexity index is 681. The van der Waals surface area contributed by atoms with Gasteiger partial charge in [0.25, 0.3) is 0 Å². The summed E-state index contributed by atoms with van der Waals surface area (Å²) < 4.78 is 32.0. The highest BCUT2D eigenvalue weighted by atomic mass is 19.2. The van der Waals surface area contributed by atoms with Crippen molar-refractivity contribution in [3.8, 4) is 5.75 Å². The van der Waals surface area contributed by atoms with Crippen LogP contribution in [-0.4, -0.2) is 11.1 Å². The lowest BCUT2D eigenvalue weighted by molar-refractivity contribution is -0.131. The second-order valence-corrected chi connectivity index (χ2v) is 4.21. The van der Waals surface area contributed by atoms with Crippen molar-refractivity contribution in [2.75, 3.05) is 0 Å². The van der Waals surface area contributed by atoms with Crippen LogP contribution in [0.15, 0.2) is 48.5 Å². The van der Waals surface area contributed by atoms with Crippen molar-refractivity contribution in [1.82, 2.24) is 0 Å². The fourth-order valence-electron chi connectivity index (χ4n) is 1.73. The van der Waals surface area contributed by atoms with Gasteiger partial charge in [0, 0.05) is 17.2 Å². The van der Waals surface area contributed by atoms with Gasteiger partial charge in [-0.3, -0.25) is 0 Å². The van der Waals surface area contributed by atoms with Crippen LogP contribution >= 0.6 is 0 Å². The lowest BCUT2D eigenvalue weighted by Crippen LogP contribution is -2.01. The minimum atomic E-state index is -1.08. The number of benzene rings is 2. The van der Waals surface area contributed by atoms with Crippen LogP contribution in [0, 0.1) is 11.6 Å². The maximum absolute atomic E-state index is 13.5. The van der Waals surface area contributed by atoms with Crippen LogP contribution in [0.4, 0.5) is 8.78 Å². The molecule has 0 unspecified atom stereocenters. The lowest BCUT2D eigenvalue weighted by Gasteiger charge is -2.10. The van der Waals surface area contributed by atoms with Crippen molar-refractivity contribution in [1.29, 1.82) is 0 Å². The molecule has 0 aliphatic carbocycles. The van der Waals surface area contributed by atoms with Crippen LogP contribution < -0.4 is 4.74 Å². The van der Waals surface area contributed by atoms with Crippen LogP contribution in [-0.2, 0) is 11.4 Å². The second kappa shape index (κ2) is 6.65. The SMILES string of the molecule is O=C(O)/C=C/c1ccccc1OCc1cccc(F)c1F. The van der Waals surface area contributed by atoms with Crippen molar-refractivity contribution < 1.29 is 23.4 Å². The molecule has 21 heavy (non-hydrogen) atoms. The second-order valence-electron chi connectivity index (χ2n) is 4.21. The molecule has 2 aromatic carbocycles. The van der Waals surface area contributed by atoms with E-state index in [2.05, 4.69) is 0 Å². The highest BCUT2D eigenvalue weighted by molar-refractivity contribution is 5.85. The number of carboxylic acid groups (broad SMARTS) is 1. The fourth-order valence-corrected chi connectivity index (χ4v) is 1.73. The molecule has 0 saturated heterocycles. The molecular weight excluding hydrogens is 278 g/mol. The molecule has 0 fully saturated rings. The van der Waals surface area contributed by atoms with Gasteiger partial charge in [-0.1, -0.05) is 30.3 Å². The molecule has 0 spiro atoms. The summed E-state index contributed by atoms with van der Waals surface area (Å²) in [7, 11) is 0. The van der Waals surface area contributed by atoms with Crippen molar-refractivity contribution in [3.63, 3.8) is 0 Å². The summed E-state index contributed by atoms with van der Waals surface area (Å²) in [5, 5.41) is 8.62. The first kappa shape index (κ1) is 14.7.